The number of aliphatic hydroxyl groups is 1. The Morgan fingerprint density at radius 1 is 1.27 bits per heavy atom. The second-order valence-corrected chi connectivity index (χ2v) is 13.1. The van der Waals surface area contributed by atoms with Gasteiger partial charge in [-0.25, -0.2) is 0 Å². The van der Waals surface area contributed by atoms with E-state index in [-0.39, 0.29) is 30.2 Å². The number of nitriles is 1. The largest absolute Gasteiger partial charge is 0.485 e. The van der Waals surface area contributed by atoms with Gasteiger partial charge in [0.1, 0.15) is 17.6 Å². The first-order chi connectivity index (χ1) is 19.9. The topological polar surface area (TPSA) is 96.3 Å². The van der Waals surface area contributed by atoms with Crippen molar-refractivity contribution in [1.82, 2.24) is 25.3 Å². The van der Waals surface area contributed by atoms with Crippen LogP contribution in [0.25, 0.3) is 0 Å². The van der Waals surface area contributed by atoms with Crippen LogP contribution in [0.3, 0.4) is 0 Å². The molecule has 0 amide bonds. The minimum atomic E-state index is -0.739. The molecule has 9 nitrogen and oxygen atoms in total. The lowest BCUT2D eigenvalue weighted by Crippen LogP contribution is -2.73. The van der Waals surface area contributed by atoms with Crippen LogP contribution in [0, 0.1) is 17.2 Å². The molecule has 4 aliphatic heterocycles. The fourth-order valence-corrected chi connectivity index (χ4v) is 8.20. The smallest absolute Gasteiger partial charge is 0.164 e. The average molecular weight is 585 g/mol. The molecule has 4 fully saturated rings. The molecule has 1 aromatic rings. The summed E-state index contributed by atoms with van der Waals surface area (Å²) in [5, 5.41) is 28.5. The van der Waals surface area contributed by atoms with E-state index in [9.17, 15) is 10.4 Å². The Morgan fingerprint density at radius 2 is 2.15 bits per heavy atom. The van der Waals surface area contributed by atoms with E-state index in [2.05, 4.69) is 46.2 Å². The van der Waals surface area contributed by atoms with Crippen LogP contribution in [-0.2, 0) is 11.2 Å². The molecule has 8 atom stereocenters. The molecule has 1 aliphatic carbocycles. The van der Waals surface area contributed by atoms with Crippen LogP contribution in [0.5, 0.6) is 5.75 Å². The number of nitrogens with one attached hydrogen (secondary N) is 2. The number of aliphatic hydroxyl groups excluding tert-OH is 1. The Bertz CT molecular complexity index is 1130. The number of likely N-dealkylation sites (N-methyl/N-ethyl adjacent to an activating group) is 1. The Kier molecular flexibility index (Phi) is 8.92. The monoisotopic (exact) mass is 584 g/mol. The number of fused-ring (bicyclic) bond motifs is 2. The van der Waals surface area contributed by atoms with E-state index in [1.165, 1.54) is 18.4 Å². The molecule has 10 heteroatoms. The summed E-state index contributed by atoms with van der Waals surface area (Å²) < 4.78 is 13.3. The molecule has 3 N–H and O–H groups in total. The molecule has 1 saturated carbocycles. The van der Waals surface area contributed by atoms with Crippen molar-refractivity contribution in [2.75, 3.05) is 39.8 Å². The zero-order valence-electron chi connectivity index (χ0n) is 24.2. The van der Waals surface area contributed by atoms with Gasteiger partial charge in [0, 0.05) is 50.1 Å². The Morgan fingerprint density at radius 3 is 2.93 bits per heavy atom. The first kappa shape index (κ1) is 29.3. The number of aryl methyl sites for hydroxylation is 1. The summed E-state index contributed by atoms with van der Waals surface area (Å²) in [6.07, 6.45) is 8.27. The zero-order valence-corrected chi connectivity index (χ0v) is 24.9. The molecule has 0 aromatic heterocycles. The third-order valence-electron chi connectivity index (χ3n) is 10.3. The van der Waals surface area contributed by atoms with Crippen LogP contribution in [0.2, 0.25) is 5.02 Å². The van der Waals surface area contributed by atoms with Crippen LogP contribution in [0.1, 0.15) is 50.5 Å². The van der Waals surface area contributed by atoms with Crippen molar-refractivity contribution < 1.29 is 14.6 Å². The minimum absolute atomic E-state index is 0.0568. The van der Waals surface area contributed by atoms with Gasteiger partial charge in [0.15, 0.2) is 6.35 Å². The number of rotatable bonds is 7. The van der Waals surface area contributed by atoms with Crippen LogP contribution >= 0.6 is 11.6 Å². The van der Waals surface area contributed by atoms with Crippen LogP contribution < -0.4 is 15.4 Å². The molecule has 0 radical (unpaired) electrons. The number of benzene rings is 1. The standard InChI is InChI=1S/C31H45ClN6O3/c1-3-27(39)38-17-16-37(19-22(38)11-14-33)29-24-10-13-31(12-9-21-6-4-8-25(32)28(21)41-31)18-26(24)34-30(35-29)40-20-23-7-5-15-36(23)2/h3-4,6,8,22-24,26-27,29-30,34-35,39H,1,5,7,9-13,15-20H2,2H3/t22?,23?,24?,26?,27?,29?,30?,31-/m0/s1. The van der Waals surface area contributed by atoms with Gasteiger partial charge >= 0.3 is 0 Å². The van der Waals surface area contributed by atoms with E-state index < -0.39 is 6.23 Å². The number of likely N-dealkylation sites (tertiary alicyclic amines) is 1. The van der Waals surface area contributed by atoms with Crippen LogP contribution in [0.15, 0.2) is 30.9 Å². The number of nitrogens with zero attached hydrogens (tertiary/aromatic N) is 4. The minimum Gasteiger partial charge on any atom is -0.485 e. The molecule has 4 heterocycles. The maximum Gasteiger partial charge on any atom is 0.164 e. The number of ether oxygens (including phenoxy) is 2. The van der Waals surface area contributed by atoms with Crippen molar-refractivity contribution in [3.05, 3.63) is 41.4 Å². The van der Waals surface area contributed by atoms with Gasteiger partial charge in [-0.1, -0.05) is 30.3 Å². The second kappa shape index (κ2) is 12.5. The summed E-state index contributed by atoms with van der Waals surface area (Å²) in [4.78, 5) is 6.88. The molecule has 41 heavy (non-hydrogen) atoms. The molecular formula is C31H45ClN6O3. The molecular weight excluding hydrogens is 540 g/mol. The predicted octanol–water partition coefficient (Wildman–Crippen LogP) is 2.89. The molecule has 5 aliphatic rings. The Balaban J connectivity index is 1.21. The van der Waals surface area contributed by atoms with Crippen molar-refractivity contribution in [3.63, 3.8) is 0 Å². The van der Waals surface area contributed by atoms with Crippen molar-refractivity contribution in [3.8, 4) is 11.8 Å². The summed E-state index contributed by atoms with van der Waals surface area (Å²) in [6.45, 7) is 7.78. The van der Waals surface area contributed by atoms with Gasteiger partial charge in [-0.2, -0.15) is 5.26 Å². The molecule has 0 bridgehead atoms. The highest BCUT2D eigenvalue weighted by Gasteiger charge is 2.51. The first-order valence-corrected chi connectivity index (χ1v) is 15.8. The van der Waals surface area contributed by atoms with Gasteiger partial charge in [-0.05, 0) is 69.8 Å². The highest BCUT2D eigenvalue weighted by Crippen LogP contribution is 2.47. The van der Waals surface area contributed by atoms with Crippen molar-refractivity contribution in [2.45, 2.75) is 93.8 Å². The van der Waals surface area contributed by atoms with Gasteiger partial charge in [0.05, 0.1) is 30.3 Å². The van der Waals surface area contributed by atoms with Gasteiger partial charge < -0.3 is 19.5 Å². The van der Waals surface area contributed by atoms with Crippen molar-refractivity contribution in [1.29, 1.82) is 5.26 Å². The summed E-state index contributed by atoms with van der Waals surface area (Å²) >= 11 is 6.60. The lowest BCUT2D eigenvalue weighted by Gasteiger charge is -2.56. The number of hydrogen-bond donors (Lipinski definition) is 3. The molecule has 7 unspecified atom stereocenters. The summed E-state index contributed by atoms with van der Waals surface area (Å²) in [5.41, 5.74) is 0.965. The van der Waals surface area contributed by atoms with E-state index >= 15 is 0 Å². The first-order valence-electron chi connectivity index (χ1n) is 15.4. The van der Waals surface area contributed by atoms with Crippen LogP contribution in [0.4, 0.5) is 0 Å². The zero-order chi connectivity index (χ0) is 28.6. The molecule has 6 rings (SSSR count). The van der Waals surface area contributed by atoms with Crippen molar-refractivity contribution in [2.24, 2.45) is 5.92 Å². The van der Waals surface area contributed by atoms with E-state index in [1.54, 1.807) is 6.08 Å². The fraction of sp³-hybridized carbons (Fsp3) is 0.710. The van der Waals surface area contributed by atoms with Crippen LogP contribution in [-0.4, -0.2) is 102 Å². The lowest BCUT2D eigenvalue weighted by atomic mass is 9.70. The summed E-state index contributed by atoms with van der Waals surface area (Å²) in [5.74, 6) is 1.22. The fourth-order valence-electron chi connectivity index (χ4n) is 7.97. The number of piperazine rings is 1. The van der Waals surface area contributed by atoms with E-state index in [0.29, 0.717) is 43.1 Å². The molecule has 224 valence electrons. The number of halogens is 1. The average Bonchev–Trinajstić information content (AvgIpc) is 3.40. The molecule has 3 saturated heterocycles. The maximum absolute atomic E-state index is 10.5. The Hall–Kier alpha value is -1.74. The lowest BCUT2D eigenvalue weighted by molar-refractivity contribution is -0.132. The molecule has 1 spiro atoms. The second-order valence-electron chi connectivity index (χ2n) is 12.7. The molecule has 1 aromatic carbocycles. The number of hydrogen-bond acceptors (Lipinski definition) is 9. The normalized spacial score (nSPS) is 37.1. The number of para-hydroxylation sites is 1. The highest BCUT2D eigenvalue weighted by atomic mass is 35.5. The van der Waals surface area contributed by atoms with E-state index in [0.717, 1.165) is 50.9 Å². The quantitative estimate of drug-likeness (QED) is 0.418. The highest BCUT2D eigenvalue weighted by molar-refractivity contribution is 6.32. The van der Waals surface area contributed by atoms with Gasteiger partial charge in [0.2, 0.25) is 0 Å². The third-order valence-corrected chi connectivity index (χ3v) is 10.6. The summed E-state index contributed by atoms with van der Waals surface area (Å²) in [6, 6.07) is 9.00. The van der Waals surface area contributed by atoms with Crippen molar-refractivity contribution >= 4 is 11.6 Å². The van der Waals surface area contributed by atoms with Gasteiger partial charge in [0.25, 0.3) is 0 Å². The summed E-state index contributed by atoms with van der Waals surface area (Å²) in [7, 11) is 2.18. The van der Waals surface area contributed by atoms with Gasteiger partial charge in [-0.15, -0.1) is 0 Å². The van der Waals surface area contributed by atoms with E-state index in [4.69, 9.17) is 21.1 Å². The SMILES string of the molecule is C=CC(O)N1CCN(C2NC(OCC3CCCN3C)NC3C[C@]4(CCc5cccc(Cl)c5O4)CCC32)CC1CC#N. The third kappa shape index (κ3) is 6.04. The van der Waals surface area contributed by atoms with E-state index in [1.807, 2.05) is 17.0 Å². The maximum atomic E-state index is 10.5. The predicted molar refractivity (Wildman–Crippen MR) is 158 cm³/mol. The Labute approximate surface area is 249 Å². The van der Waals surface area contributed by atoms with Gasteiger partial charge in [-0.3, -0.25) is 20.4 Å².